The Kier molecular flexibility index (Phi) is 6.98. The minimum Gasteiger partial charge on any atom is -0.378 e. The summed E-state index contributed by atoms with van der Waals surface area (Å²) in [5, 5.41) is 9.56. The van der Waals surface area contributed by atoms with E-state index >= 15 is 0 Å². The quantitative estimate of drug-likeness (QED) is 0.554. The second-order valence-corrected chi connectivity index (χ2v) is 7.85. The Morgan fingerprint density at radius 2 is 1.42 bits per heavy atom. The van der Waals surface area contributed by atoms with Crippen molar-refractivity contribution in [3.63, 3.8) is 0 Å². The number of hydrogen-bond acceptors (Lipinski definition) is 5. The first-order chi connectivity index (χ1) is 15.3. The fourth-order valence-corrected chi connectivity index (χ4v) is 4.26. The molecule has 1 amide bonds. The lowest BCUT2D eigenvalue weighted by Gasteiger charge is -2.39. The van der Waals surface area contributed by atoms with E-state index in [1.54, 1.807) is 11.1 Å². The van der Waals surface area contributed by atoms with Gasteiger partial charge in [0.1, 0.15) is 11.6 Å². The largest absolute Gasteiger partial charge is 0.378 e. The molecule has 0 spiro atoms. The van der Waals surface area contributed by atoms with Crippen LogP contribution in [-0.2, 0) is 9.53 Å². The molecule has 2 aromatic carbocycles. The molecule has 0 atom stereocenters. The van der Waals surface area contributed by atoms with Crippen LogP contribution in [0.5, 0.6) is 0 Å². The van der Waals surface area contributed by atoms with E-state index in [2.05, 4.69) is 59.5 Å². The maximum Gasteiger partial charge on any atom is 0.266 e. The van der Waals surface area contributed by atoms with E-state index in [1.807, 2.05) is 17.0 Å². The minimum absolute atomic E-state index is 0.152. The van der Waals surface area contributed by atoms with Crippen LogP contribution in [-0.4, -0.2) is 73.1 Å². The predicted molar refractivity (Wildman–Crippen MR) is 119 cm³/mol. The Morgan fingerprint density at radius 3 is 1.94 bits per heavy atom. The topological polar surface area (TPSA) is 59.8 Å². The Morgan fingerprint density at radius 1 is 0.871 bits per heavy atom. The van der Waals surface area contributed by atoms with E-state index in [4.69, 9.17) is 4.74 Å². The van der Waals surface area contributed by atoms with Crippen molar-refractivity contribution < 1.29 is 9.53 Å². The van der Waals surface area contributed by atoms with Crippen LogP contribution in [0.3, 0.4) is 0 Å². The molecule has 2 heterocycles. The van der Waals surface area contributed by atoms with Crippen molar-refractivity contribution >= 4 is 5.91 Å². The average molecular weight is 417 g/mol. The normalized spacial score (nSPS) is 18.1. The molecule has 0 N–H and O–H groups in total. The standard InChI is InChI=1S/C25H28N4O2/c26-19-23(20-27-15-17-31-18-16-27)25(30)29-13-11-28(12-14-29)24(21-7-3-1-4-8-21)22-9-5-2-6-10-22/h1-10,20,24H,11-18H2/b23-20-. The van der Waals surface area contributed by atoms with Crippen molar-refractivity contribution in [1.29, 1.82) is 5.26 Å². The Bertz CT molecular complexity index is 885. The number of carbonyl (C=O) groups excluding carboxylic acids is 1. The van der Waals surface area contributed by atoms with Crippen molar-refractivity contribution in [1.82, 2.24) is 14.7 Å². The molecule has 0 saturated carbocycles. The van der Waals surface area contributed by atoms with Crippen LogP contribution in [0.25, 0.3) is 0 Å². The van der Waals surface area contributed by atoms with Crippen LogP contribution in [0.4, 0.5) is 0 Å². The molecule has 0 radical (unpaired) electrons. The summed E-state index contributed by atoms with van der Waals surface area (Å²) in [7, 11) is 0. The van der Waals surface area contributed by atoms with Crippen LogP contribution in [0, 0.1) is 11.3 Å². The van der Waals surface area contributed by atoms with Gasteiger partial charge in [-0.05, 0) is 11.1 Å². The first-order valence-electron chi connectivity index (χ1n) is 10.8. The van der Waals surface area contributed by atoms with Crippen molar-refractivity contribution in [2.24, 2.45) is 0 Å². The summed E-state index contributed by atoms with van der Waals surface area (Å²) < 4.78 is 5.34. The van der Waals surface area contributed by atoms with Gasteiger partial charge in [0.25, 0.3) is 5.91 Å². The van der Waals surface area contributed by atoms with E-state index in [0.717, 1.165) is 13.1 Å². The zero-order valence-electron chi connectivity index (χ0n) is 17.7. The summed E-state index contributed by atoms with van der Waals surface area (Å²) in [5.41, 5.74) is 2.70. The molecule has 31 heavy (non-hydrogen) atoms. The van der Waals surface area contributed by atoms with Crippen molar-refractivity contribution in [3.05, 3.63) is 83.6 Å². The molecule has 6 heteroatoms. The Hall–Kier alpha value is -3.14. The number of benzene rings is 2. The molecule has 160 valence electrons. The van der Waals surface area contributed by atoms with Crippen LogP contribution < -0.4 is 0 Å². The number of morpholine rings is 1. The number of nitriles is 1. The first kappa shape index (κ1) is 21.1. The van der Waals surface area contributed by atoms with Crippen molar-refractivity contribution in [3.8, 4) is 6.07 Å². The van der Waals surface area contributed by atoms with Crippen LogP contribution in [0.2, 0.25) is 0 Å². The summed E-state index contributed by atoms with van der Waals surface area (Å²) in [6.07, 6.45) is 1.70. The van der Waals surface area contributed by atoms with Gasteiger partial charge in [-0.25, -0.2) is 0 Å². The van der Waals surface area contributed by atoms with E-state index in [0.29, 0.717) is 39.4 Å². The van der Waals surface area contributed by atoms with Crippen molar-refractivity contribution in [2.45, 2.75) is 6.04 Å². The van der Waals surface area contributed by atoms with Gasteiger partial charge in [-0.2, -0.15) is 5.26 Å². The predicted octanol–water partition coefficient (Wildman–Crippen LogP) is 2.66. The second-order valence-electron chi connectivity index (χ2n) is 7.85. The molecular formula is C25H28N4O2. The lowest BCUT2D eigenvalue weighted by atomic mass is 9.96. The molecule has 4 rings (SSSR count). The molecule has 2 saturated heterocycles. The van der Waals surface area contributed by atoms with Gasteiger partial charge in [0, 0.05) is 45.5 Å². The Labute approximate surface area is 183 Å². The SMILES string of the molecule is N#C/C(=C/N1CCOCC1)C(=O)N1CCN(C(c2ccccc2)c2ccccc2)CC1. The average Bonchev–Trinajstić information content (AvgIpc) is 2.85. The lowest BCUT2D eigenvalue weighted by Crippen LogP contribution is -2.50. The third kappa shape index (κ3) is 5.13. The number of rotatable bonds is 5. The molecule has 0 unspecified atom stereocenters. The molecule has 2 aliphatic rings. The van der Waals surface area contributed by atoms with Gasteiger partial charge in [0.2, 0.25) is 0 Å². The molecule has 0 aliphatic carbocycles. The second kappa shape index (κ2) is 10.3. The molecule has 2 aliphatic heterocycles. The number of ether oxygens (including phenoxy) is 1. The number of amides is 1. The molecule has 2 aromatic rings. The first-order valence-corrected chi connectivity index (χ1v) is 10.8. The van der Waals surface area contributed by atoms with Crippen LogP contribution >= 0.6 is 0 Å². The smallest absolute Gasteiger partial charge is 0.266 e. The number of piperazine rings is 1. The van der Waals surface area contributed by atoms with Crippen molar-refractivity contribution in [2.75, 3.05) is 52.5 Å². The van der Waals surface area contributed by atoms with E-state index < -0.39 is 0 Å². The molecule has 0 bridgehead atoms. The number of nitrogens with zero attached hydrogens (tertiary/aromatic N) is 4. The van der Waals surface area contributed by atoms with Gasteiger partial charge in [-0.3, -0.25) is 9.69 Å². The highest BCUT2D eigenvalue weighted by Crippen LogP contribution is 2.29. The minimum atomic E-state index is -0.176. The highest BCUT2D eigenvalue weighted by molar-refractivity contribution is 5.97. The molecule has 0 aromatic heterocycles. The maximum absolute atomic E-state index is 13.0. The van der Waals surface area contributed by atoms with Gasteiger partial charge < -0.3 is 14.5 Å². The maximum atomic E-state index is 13.0. The van der Waals surface area contributed by atoms with Gasteiger partial charge in [-0.15, -0.1) is 0 Å². The summed E-state index contributed by atoms with van der Waals surface area (Å²) >= 11 is 0. The van der Waals surface area contributed by atoms with E-state index in [-0.39, 0.29) is 17.5 Å². The van der Waals surface area contributed by atoms with Gasteiger partial charge in [-0.1, -0.05) is 60.7 Å². The molecule has 2 fully saturated rings. The summed E-state index contributed by atoms with van der Waals surface area (Å²) in [6.45, 7) is 5.41. The fraction of sp³-hybridized carbons (Fsp3) is 0.360. The zero-order valence-corrected chi connectivity index (χ0v) is 17.7. The highest BCUT2D eigenvalue weighted by Gasteiger charge is 2.29. The summed E-state index contributed by atoms with van der Waals surface area (Å²) in [6, 6.07) is 23.2. The van der Waals surface area contributed by atoms with Gasteiger partial charge >= 0.3 is 0 Å². The zero-order chi connectivity index (χ0) is 21.5. The summed E-state index contributed by atoms with van der Waals surface area (Å²) in [4.78, 5) is 19.2. The van der Waals surface area contributed by atoms with E-state index in [1.165, 1.54) is 11.1 Å². The monoisotopic (exact) mass is 416 g/mol. The lowest BCUT2D eigenvalue weighted by molar-refractivity contribution is -0.128. The molecule has 6 nitrogen and oxygen atoms in total. The Balaban J connectivity index is 1.45. The molecular weight excluding hydrogens is 388 g/mol. The highest BCUT2D eigenvalue weighted by atomic mass is 16.5. The third-order valence-corrected chi connectivity index (χ3v) is 5.91. The van der Waals surface area contributed by atoms with Crippen LogP contribution in [0.15, 0.2) is 72.4 Å². The van der Waals surface area contributed by atoms with Gasteiger partial charge in [0.15, 0.2) is 0 Å². The van der Waals surface area contributed by atoms with Gasteiger partial charge in [0.05, 0.1) is 19.3 Å². The fourth-order valence-electron chi connectivity index (χ4n) is 4.26. The summed E-state index contributed by atoms with van der Waals surface area (Å²) in [5.74, 6) is -0.176. The van der Waals surface area contributed by atoms with E-state index in [9.17, 15) is 10.1 Å². The number of carbonyl (C=O) groups is 1. The number of hydrogen-bond donors (Lipinski definition) is 0. The van der Waals surface area contributed by atoms with Crippen LogP contribution in [0.1, 0.15) is 17.2 Å². The third-order valence-electron chi connectivity index (χ3n) is 5.91.